The maximum Gasteiger partial charge on any atom is 0.416 e. The van der Waals surface area contributed by atoms with E-state index in [0.717, 1.165) is 105 Å². The van der Waals surface area contributed by atoms with Gasteiger partial charge >= 0.3 is 6.18 Å². The highest BCUT2D eigenvalue weighted by atomic mass is 19.4. The lowest BCUT2D eigenvalue weighted by molar-refractivity contribution is -0.137. The van der Waals surface area contributed by atoms with Crippen LogP contribution in [0.2, 0.25) is 0 Å². The molecule has 0 unspecified atom stereocenters. The topological polar surface area (TPSA) is 48.5 Å². The summed E-state index contributed by atoms with van der Waals surface area (Å²) >= 11 is 0. The van der Waals surface area contributed by atoms with E-state index in [1.54, 1.807) is 6.07 Å². The number of rotatable bonds is 9. The molecule has 0 aliphatic rings. The quantitative estimate of drug-likeness (QED) is 0.145. The third-order valence-corrected chi connectivity index (χ3v) is 15.1. The van der Waals surface area contributed by atoms with Crippen LogP contribution in [-0.2, 0) is 6.18 Å². The Morgan fingerprint density at radius 2 is 0.608 bits per heavy atom. The second-order valence-electron chi connectivity index (χ2n) is 20.0. The van der Waals surface area contributed by atoms with Crippen LogP contribution in [0.25, 0.3) is 134 Å². The molecular formula is C71H46F3N5. The minimum atomic E-state index is -4.69. The lowest BCUT2D eigenvalue weighted by Crippen LogP contribution is -2.09. The molecule has 0 N–H and O–H groups in total. The van der Waals surface area contributed by atoms with Gasteiger partial charge in [-0.15, -0.1) is 0 Å². The molecule has 0 spiro atoms. The molecule has 14 rings (SSSR count). The van der Waals surface area contributed by atoms with Gasteiger partial charge in [0.1, 0.15) is 0 Å². The second-order valence-corrected chi connectivity index (χ2v) is 20.0. The maximum atomic E-state index is 15.4. The smallest absolute Gasteiger partial charge is 0.308 e. The summed E-state index contributed by atoms with van der Waals surface area (Å²) in [6.07, 6.45) is -4.69. The number of hydrogen-bond donors (Lipinski definition) is 0. The second kappa shape index (κ2) is 19.1. The number of fused-ring (bicyclic) bond motifs is 6. The zero-order chi connectivity index (χ0) is 53.2. The van der Waals surface area contributed by atoms with E-state index in [-0.39, 0.29) is 11.4 Å². The van der Waals surface area contributed by atoms with Crippen molar-refractivity contribution in [1.82, 2.24) is 24.1 Å². The Morgan fingerprint density at radius 1 is 0.291 bits per heavy atom. The summed E-state index contributed by atoms with van der Waals surface area (Å²) in [5.74, 6) is 0.710. The van der Waals surface area contributed by atoms with Crippen molar-refractivity contribution >= 4 is 43.6 Å². The largest absolute Gasteiger partial charge is 0.416 e. The minimum Gasteiger partial charge on any atom is -0.308 e. The summed E-state index contributed by atoms with van der Waals surface area (Å²) in [5.41, 5.74) is 14.8. The molecular weight excluding hydrogens is 980 g/mol. The van der Waals surface area contributed by atoms with Crippen LogP contribution in [0.4, 0.5) is 13.2 Å². The van der Waals surface area contributed by atoms with Gasteiger partial charge in [-0.2, -0.15) is 13.2 Å². The van der Waals surface area contributed by atoms with Gasteiger partial charge in [0.25, 0.3) is 0 Å². The molecule has 0 aliphatic heterocycles. The monoisotopic (exact) mass is 1030 g/mol. The number of aryl methyl sites for hydroxylation is 1. The van der Waals surface area contributed by atoms with Crippen molar-refractivity contribution in [2.75, 3.05) is 0 Å². The van der Waals surface area contributed by atoms with Gasteiger partial charge in [-0.05, 0) is 106 Å². The number of nitrogens with zero attached hydrogens (tertiary/aromatic N) is 5. The Labute approximate surface area is 453 Å². The minimum absolute atomic E-state index is 0.0887. The fraction of sp³-hybridized carbons (Fsp3) is 0.0282. The van der Waals surface area contributed by atoms with Gasteiger partial charge in [-0.25, -0.2) is 15.0 Å². The number of alkyl halides is 3. The van der Waals surface area contributed by atoms with Crippen molar-refractivity contribution in [3.8, 4) is 90.0 Å². The average Bonchev–Trinajstić information content (AvgIpc) is 3.77. The molecule has 11 aromatic carbocycles. The van der Waals surface area contributed by atoms with E-state index in [2.05, 4.69) is 149 Å². The van der Waals surface area contributed by atoms with Crippen LogP contribution in [0.5, 0.6) is 0 Å². The zero-order valence-corrected chi connectivity index (χ0v) is 42.7. The summed E-state index contributed by atoms with van der Waals surface area (Å²) < 4.78 is 50.4. The Kier molecular flexibility index (Phi) is 11.4. The molecule has 0 saturated heterocycles. The fourth-order valence-electron chi connectivity index (χ4n) is 11.2. The van der Waals surface area contributed by atoms with E-state index in [1.165, 1.54) is 6.07 Å². The normalized spacial score (nSPS) is 11.8. The van der Waals surface area contributed by atoms with Crippen LogP contribution in [0.15, 0.2) is 261 Å². The Hall–Kier alpha value is -10.2. The van der Waals surface area contributed by atoms with Crippen molar-refractivity contribution in [2.45, 2.75) is 13.1 Å². The van der Waals surface area contributed by atoms with Crippen molar-refractivity contribution < 1.29 is 13.2 Å². The van der Waals surface area contributed by atoms with Crippen molar-refractivity contribution in [1.29, 1.82) is 0 Å². The van der Waals surface area contributed by atoms with Crippen LogP contribution in [0, 0.1) is 6.92 Å². The van der Waals surface area contributed by atoms with E-state index >= 15 is 13.2 Å². The fourth-order valence-corrected chi connectivity index (χ4v) is 11.2. The predicted octanol–water partition coefficient (Wildman–Crippen LogP) is 19.1. The first-order valence-corrected chi connectivity index (χ1v) is 26.2. The van der Waals surface area contributed by atoms with Gasteiger partial charge in [0.05, 0.1) is 39.0 Å². The number of benzene rings is 11. The highest BCUT2D eigenvalue weighted by Gasteiger charge is 2.33. The summed E-state index contributed by atoms with van der Waals surface area (Å²) in [4.78, 5) is 15.8. The first-order chi connectivity index (χ1) is 38.7. The zero-order valence-electron chi connectivity index (χ0n) is 42.7. The van der Waals surface area contributed by atoms with Gasteiger partial charge in [-0.1, -0.05) is 212 Å². The number of hydrogen-bond acceptors (Lipinski definition) is 3. The predicted molar refractivity (Wildman–Crippen MR) is 316 cm³/mol. The van der Waals surface area contributed by atoms with Crippen molar-refractivity contribution in [2.24, 2.45) is 0 Å². The third kappa shape index (κ3) is 8.51. The number of aromatic nitrogens is 5. The lowest BCUT2D eigenvalue weighted by Gasteiger charge is -2.18. The van der Waals surface area contributed by atoms with Crippen LogP contribution >= 0.6 is 0 Å². The van der Waals surface area contributed by atoms with E-state index in [0.29, 0.717) is 28.5 Å². The van der Waals surface area contributed by atoms with Gasteiger partial charge in [0.2, 0.25) is 0 Å². The van der Waals surface area contributed by atoms with Crippen molar-refractivity contribution in [3.05, 3.63) is 272 Å². The van der Waals surface area contributed by atoms with Crippen LogP contribution < -0.4 is 0 Å². The Bertz CT molecular complexity index is 4430. The molecule has 0 atom stereocenters. The third-order valence-electron chi connectivity index (χ3n) is 15.1. The van der Waals surface area contributed by atoms with E-state index < -0.39 is 11.7 Å². The summed E-state index contributed by atoms with van der Waals surface area (Å²) in [7, 11) is 0. The van der Waals surface area contributed by atoms with Crippen LogP contribution in [0.3, 0.4) is 0 Å². The van der Waals surface area contributed by atoms with E-state index in [1.807, 2.05) is 110 Å². The summed E-state index contributed by atoms with van der Waals surface area (Å²) in [5, 5.41) is 4.02. The van der Waals surface area contributed by atoms with E-state index in [9.17, 15) is 0 Å². The molecule has 0 saturated carbocycles. The van der Waals surface area contributed by atoms with Crippen molar-refractivity contribution in [3.63, 3.8) is 0 Å². The first-order valence-electron chi connectivity index (χ1n) is 26.2. The van der Waals surface area contributed by atoms with Crippen LogP contribution in [-0.4, -0.2) is 24.1 Å². The molecule has 3 heterocycles. The molecule has 5 nitrogen and oxygen atoms in total. The Morgan fingerprint density at radius 3 is 0.962 bits per heavy atom. The molecule has 3 aromatic heterocycles. The molecule has 14 aromatic rings. The molecule has 0 radical (unpaired) electrons. The first kappa shape index (κ1) is 47.3. The average molecular weight is 1030 g/mol. The van der Waals surface area contributed by atoms with Gasteiger partial charge in [0, 0.05) is 38.2 Å². The molecule has 0 amide bonds. The molecule has 0 bridgehead atoms. The van der Waals surface area contributed by atoms with E-state index in [4.69, 9.17) is 15.0 Å². The molecule has 8 heteroatoms. The molecule has 0 fully saturated rings. The standard InChI is InChI=1S/C71H46F3N5/c1-45-27-37-62(78-64-40-51(46-17-7-2-8-18-46)28-33-56(64)57-34-29-52(41-65(57)78)47-19-9-3-10-20-47)60(39-45)69-75-68(50-25-15-6-16-26-50)76-70(77-69)61-44-55(71(72,73)74)32-38-63(61)79-66-42-53(48-21-11-4-12-22-48)30-35-58(66)59-36-31-54(43-67(59)79)49-23-13-5-14-24-49/h2-44H,1H3. The number of halogens is 3. The summed E-state index contributed by atoms with van der Waals surface area (Å²) in [6.45, 7) is 2.03. The van der Waals surface area contributed by atoms with Gasteiger partial charge in [-0.3, -0.25) is 0 Å². The molecule has 0 aliphatic carbocycles. The molecule has 79 heavy (non-hydrogen) atoms. The van der Waals surface area contributed by atoms with Crippen LogP contribution in [0.1, 0.15) is 11.1 Å². The highest BCUT2D eigenvalue weighted by Crippen LogP contribution is 2.44. The highest BCUT2D eigenvalue weighted by molar-refractivity contribution is 6.13. The molecule has 376 valence electrons. The van der Waals surface area contributed by atoms with Gasteiger partial charge in [0.15, 0.2) is 17.5 Å². The Balaban J connectivity index is 1.06. The van der Waals surface area contributed by atoms with Gasteiger partial charge < -0.3 is 9.13 Å². The summed E-state index contributed by atoms with van der Waals surface area (Å²) in [6, 6.07) is 86.5. The SMILES string of the molecule is Cc1ccc(-n2c3cc(-c4ccccc4)ccc3c3ccc(-c4ccccc4)cc32)c(-c2nc(-c3ccccc3)nc(-c3cc(C(F)(F)F)ccc3-n3c4cc(-c5ccccc5)ccc4c4ccc(-c5ccccc5)cc43)n2)c1. The maximum absolute atomic E-state index is 15.4. The lowest BCUT2D eigenvalue weighted by atomic mass is 10.0.